The van der Waals surface area contributed by atoms with E-state index < -0.39 is 0 Å². The summed E-state index contributed by atoms with van der Waals surface area (Å²) in [7, 11) is 0. The Morgan fingerprint density at radius 2 is 1.75 bits per heavy atom. The molecule has 80 valence electrons. The van der Waals surface area contributed by atoms with Crippen molar-refractivity contribution < 1.29 is 0 Å². The minimum atomic E-state index is 0.246. The summed E-state index contributed by atoms with van der Waals surface area (Å²) in [5.74, 6) is 0. The summed E-state index contributed by atoms with van der Waals surface area (Å²) in [6, 6.07) is 10.7. The van der Waals surface area contributed by atoms with E-state index in [0.717, 1.165) is 18.5 Å². The van der Waals surface area contributed by atoms with Crippen molar-refractivity contribution in [3.63, 3.8) is 0 Å². The Hall–Kier alpha value is -1.95. The van der Waals surface area contributed by atoms with Crippen molar-refractivity contribution in [2.24, 2.45) is 0 Å². The van der Waals surface area contributed by atoms with E-state index in [2.05, 4.69) is 35.5 Å². The van der Waals surface area contributed by atoms with Gasteiger partial charge in [-0.2, -0.15) is 5.26 Å². The Kier molecular flexibility index (Phi) is 2.07. The average molecular weight is 211 g/mol. The predicted molar refractivity (Wildman–Crippen MR) is 62.3 cm³/mol. The van der Waals surface area contributed by atoms with Crippen LogP contribution in [0.15, 0.2) is 42.5 Å². The number of nitriles is 1. The second-order valence-electron chi connectivity index (χ2n) is 4.22. The third-order valence-electron chi connectivity index (χ3n) is 3.30. The number of nitrogens with zero attached hydrogens (tertiary/aromatic N) is 3. The third kappa shape index (κ3) is 1.27. The van der Waals surface area contributed by atoms with Crippen LogP contribution in [0, 0.1) is 11.5 Å². The van der Waals surface area contributed by atoms with E-state index in [1.807, 2.05) is 18.2 Å². The molecule has 2 atom stereocenters. The van der Waals surface area contributed by atoms with Gasteiger partial charge in [-0.05, 0) is 25.0 Å². The highest BCUT2D eigenvalue weighted by atomic mass is 15.7. The highest BCUT2D eigenvalue weighted by Gasteiger charge is 2.36. The molecule has 1 aliphatic carbocycles. The number of rotatable bonds is 1. The summed E-state index contributed by atoms with van der Waals surface area (Å²) in [6.45, 7) is 0. The summed E-state index contributed by atoms with van der Waals surface area (Å²) >= 11 is 0. The second kappa shape index (κ2) is 3.57. The normalized spacial score (nSPS) is 26.9. The topological polar surface area (TPSA) is 30.3 Å². The first-order chi connectivity index (χ1) is 7.90. The van der Waals surface area contributed by atoms with Gasteiger partial charge in [0.2, 0.25) is 6.19 Å². The SMILES string of the molecule is N#CN1C2C=CC(CC2)N1c1ccccc1. The van der Waals surface area contributed by atoms with Crippen molar-refractivity contribution in [3.8, 4) is 6.19 Å². The molecule has 0 N–H and O–H groups in total. The molecule has 3 aliphatic rings. The Morgan fingerprint density at radius 1 is 1.06 bits per heavy atom. The van der Waals surface area contributed by atoms with Crippen LogP contribution >= 0.6 is 0 Å². The van der Waals surface area contributed by atoms with Crippen LogP contribution < -0.4 is 5.01 Å². The number of hydrogen-bond acceptors (Lipinski definition) is 3. The summed E-state index contributed by atoms with van der Waals surface area (Å²) in [4.78, 5) is 0. The summed E-state index contributed by atoms with van der Waals surface area (Å²) < 4.78 is 0. The van der Waals surface area contributed by atoms with Gasteiger partial charge in [0.1, 0.15) is 0 Å². The molecule has 0 radical (unpaired) electrons. The molecule has 4 rings (SSSR count). The summed E-state index contributed by atoms with van der Waals surface area (Å²) in [5, 5.41) is 13.1. The average Bonchev–Trinajstić information content (AvgIpc) is 2.40. The minimum Gasteiger partial charge on any atom is -0.269 e. The monoisotopic (exact) mass is 211 g/mol. The van der Waals surface area contributed by atoms with Gasteiger partial charge in [-0.15, -0.1) is 0 Å². The van der Waals surface area contributed by atoms with Gasteiger partial charge in [-0.3, -0.25) is 5.01 Å². The van der Waals surface area contributed by atoms with Crippen molar-refractivity contribution in [1.82, 2.24) is 5.01 Å². The first-order valence-electron chi connectivity index (χ1n) is 5.61. The van der Waals surface area contributed by atoms with E-state index in [1.165, 1.54) is 0 Å². The molecule has 1 aromatic rings. The molecular formula is C13H13N3. The summed E-state index contributed by atoms with van der Waals surface area (Å²) in [5.41, 5.74) is 1.10. The lowest BCUT2D eigenvalue weighted by atomic mass is 9.94. The van der Waals surface area contributed by atoms with Crippen molar-refractivity contribution in [2.45, 2.75) is 24.9 Å². The smallest absolute Gasteiger partial charge is 0.200 e. The molecule has 2 aliphatic heterocycles. The summed E-state index contributed by atoms with van der Waals surface area (Å²) in [6.07, 6.45) is 8.87. The highest BCUT2D eigenvalue weighted by Crippen LogP contribution is 2.33. The van der Waals surface area contributed by atoms with Gasteiger partial charge < -0.3 is 0 Å². The van der Waals surface area contributed by atoms with E-state index in [9.17, 15) is 5.26 Å². The van der Waals surface area contributed by atoms with Gasteiger partial charge in [0.05, 0.1) is 17.8 Å². The quantitative estimate of drug-likeness (QED) is 0.527. The maximum absolute atomic E-state index is 9.25. The molecule has 0 amide bonds. The Balaban J connectivity index is 2.01. The largest absolute Gasteiger partial charge is 0.269 e. The first kappa shape index (κ1) is 9.29. The maximum atomic E-state index is 9.25. The maximum Gasteiger partial charge on any atom is 0.200 e. The van der Waals surface area contributed by atoms with Gasteiger partial charge >= 0.3 is 0 Å². The van der Waals surface area contributed by atoms with Crippen LogP contribution in [0.2, 0.25) is 0 Å². The van der Waals surface area contributed by atoms with Crippen LogP contribution in [0.1, 0.15) is 12.8 Å². The number of hydrazine groups is 1. The minimum absolute atomic E-state index is 0.246. The molecule has 0 spiro atoms. The van der Waals surface area contributed by atoms with Crippen LogP contribution in [-0.2, 0) is 0 Å². The molecule has 2 unspecified atom stereocenters. The zero-order chi connectivity index (χ0) is 11.0. The molecule has 1 aromatic carbocycles. The number of para-hydroxylation sites is 1. The molecule has 16 heavy (non-hydrogen) atoms. The van der Waals surface area contributed by atoms with Crippen LogP contribution in [0.4, 0.5) is 5.69 Å². The molecule has 2 bridgehead atoms. The number of hydrogen-bond donors (Lipinski definition) is 0. The molecule has 3 heteroatoms. The fourth-order valence-electron chi connectivity index (χ4n) is 2.54. The van der Waals surface area contributed by atoms with Crippen LogP contribution in [-0.4, -0.2) is 17.1 Å². The predicted octanol–water partition coefficient (Wildman–Crippen LogP) is 2.29. The van der Waals surface area contributed by atoms with Crippen molar-refractivity contribution in [3.05, 3.63) is 42.5 Å². The van der Waals surface area contributed by atoms with Crippen LogP contribution in [0.25, 0.3) is 0 Å². The van der Waals surface area contributed by atoms with Crippen LogP contribution in [0.3, 0.4) is 0 Å². The van der Waals surface area contributed by atoms with E-state index in [1.54, 1.807) is 5.01 Å². The number of fused-ring (bicyclic) bond motifs is 2. The molecule has 1 saturated heterocycles. The van der Waals surface area contributed by atoms with E-state index in [4.69, 9.17) is 0 Å². The van der Waals surface area contributed by atoms with Crippen molar-refractivity contribution in [2.75, 3.05) is 5.01 Å². The molecule has 3 nitrogen and oxygen atoms in total. The zero-order valence-electron chi connectivity index (χ0n) is 8.95. The van der Waals surface area contributed by atoms with Crippen molar-refractivity contribution in [1.29, 1.82) is 5.26 Å². The van der Waals surface area contributed by atoms with Gasteiger partial charge in [0.15, 0.2) is 0 Å². The van der Waals surface area contributed by atoms with Gasteiger partial charge in [-0.1, -0.05) is 30.4 Å². The Bertz CT molecular complexity index is 446. The third-order valence-corrected chi connectivity index (χ3v) is 3.30. The number of benzene rings is 1. The molecule has 0 aromatic heterocycles. The Labute approximate surface area is 95.2 Å². The van der Waals surface area contributed by atoms with Gasteiger partial charge in [0.25, 0.3) is 0 Å². The van der Waals surface area contributed by atoms with Crippen molar-refractivity contribution >= 4 is 5.69 Å². The standard InChI is InChI=1S/C13H13N3/c14-10-15-11-6-8-13(9-7-11)16(15)12-4-2-1-3-5-12/h1-6,8,11,13H,7,9H2. The Morgan fingerprint density at radius 3 is 2.38 bits per heavy atom. The molecule has 0 saturated carbocycles. The molecule has 1 fully saturated rings. The lowest BCUT2D eigenvalue weighted by Crippen LogP contribution is -2.57. The van der Waals surface area contributed by atoms with Crippen LogP contribution in [0.5, 0.6) is 0 Å². The zero-order valence-corrected chi connectivity index (χ0v) is 8.95. The number of anilines is 1. The second-order valence-corrected chi connectivity index (χ2v) is 4.22. The van der Waals surface area contributed by atoms with Gasteiger partial charge in [0, 0.05) is 0 Å². The first-order valence-corrected chi connectivity index (χ1v) is 5.61. The highest BCUT2D eigenvalue weighted by molar-refractivity contribution is 5.49. The fourth-order valence-corrected chi connectivity index (χ4v) is 2.54. The lowest BCUT2D eigenvalue weighted by Gasteiger charge is -2.48. The van der Waals surface area contributed by atoms with E-state index >= 15 is 0 Å². The molecular weight excluding hydrogens is 198 g/mol. The van der Waals surface area contributed by atoms with Gasteiger partial charge in [-0.25, -0.2) is 5.01 Å². The fraction of sp³-hybridized carbons (Fsp3) is 0.308. The molecule has 2 heterocycles. The van der Waals surface area contributed by atoms with E-state index in [0.29, 0.717) is 6.04 Å². The van der Waals surface area contributed by atoms with E-state index in [-0.39, 0.29) is 6.04 Å². The lowest BCUT2D eigenvalue weighted by molar-refractivity contribution is 0.207.